The third-order valence-electron chi connectivity index (χ3n) is 3.31. The molecule has 1 N–H and O–H groups in total. The van der Waals surface area contributed by atoms with Crippen molar-refractivity contribution in [1.82, 2.24) is 5.32 Å². The summed E-state index contributed by atoms with van der Waals surface area (Å²) in [5.74, 6) is -0.241. The molecule has 0 fully saturated rings. The van der Waals surface area contributed by atoms with Crippen molar-refractivity contribution in [2.24, 2.45) is 0 Å². The van der Waals surface area contributed by atoms with Crippen molar-refractivity contribution in [3.63, 3.8) is 0 Å². The van der Waals surface area contributed by atoms with Crippen LogP contribution >= 0.6 is 11.6 Å². The maximum Gasteiger partial charge on any atom is 0.129 e. The topological polar surface area (TPSA) is 12.0 Å². The minimum absolute atomic E-state index is 0.0472. The van der Waals surface area contributed by atoms with Gasteiger partial charge in [-0.1, -0.05) is 31.5 Å². The van der Waals surface area contributed by atoms with Gasteiger partial charge in [0.25, 0.3) is 0 Å². The molecule has 0 aliphatic carbocycles. The third-order valence-corrected chi connectivity index (χ3v) is 3.67. The van der Waals surface area contributed by atoms with Crippen LogP contribution in [-0.4, -0.2) is 5.54 Å². The molecule has 0 amide bonds. The number of benzene rings is 1. The fourth-order valence-electron chi connectivity index (χ4n) is 1.50. The van der Waals surface area contributed by atoms with E-state index in [0.717, 1.165) is 12.8 Å². The molecule has 0 bridgehead atoms. The second-order valence-electron chi connectivity index (χ2n) is 4.32. The molecule has 0 aliphatic rings. The summed E-state index contributed by atoms with van der Waals surface area (Å²) in [5, 5.41) is 3.86. The van der Waals surface area contributed by atoms with E-state index in [4.69, 9.17) is 11.6 Å². The summed E-state index contributed by atoms with van der Waals surface area (Å²) in [7, 11) is 0. The molecule has 0 spiro atoms. The number of halogens is 2. The van der Waals surface area contributed by atoms with Crippen molar-refractivity contribution in [3.8, 4) is 0 Å². The Morgan fingerprint density at radius 3 is 2.44 bits per heavy atom. The molecule has 0 radical (unpaired) electrons. The lowest BCUT2D eigenvalue weighted by Crippen LogP contribution is -2.40. The molecule has 0 aliphatic heterocycles. The Hall–Kier alpha value is -0.600. The van der Waals surface area contributed by atoms with Gasteiger partial charge in [-0.15, -0.1) is 0 Å². The van der Waals surface area contributed by atoms with E-state index < -0.39 is 0 Å². The highest BCUT2D eigenvalue weighted by Crippen LogP contribution is 2.21. The second-order valence-corrected chi connectivity index (χ2v) is 4.73. The Bertz CT molecular complexity index is 328. The lowest BCUT2D eigenvalue weighted by atomic mass is 9.95. The zero-order valence-electron chi connectivity index (χ0n) is 10.1. The standard InChI is InChI=1S/C13H19ClFN/c1-4-13(3,5-2)16-9-10-11(14)7-6-8-12(10)15/h6-8,16H,4-5,9H2,1-3H3. The average Bonchev–Trinajstić information content (AvgIpc) is 2.28. The Kier molecular flexibility index (Phi) is 4.75. The van der Waals surface area contributed by atoms with E-state index in [1.165, 1.54) is 6.07 Å². The van der Waals surface area contributed by atoms with Gasteiger partial charge in [0.2, 0.25) is 0 Å². The highest BCUT2D eigenvalue weighted by Gasteiger charge is 2.19. The first-order valence-electron chi connectivity index (χ1n) is 5.70. The van der Waals surface area contributed by atoms with Gasteiger partial charge in [0.1, 0.15) is 5.82 Å². The summed E-state index contributed by atoms with van der Waals surface area (Å²) in [4.78, 5) is 0. The molecule has 1 aromatic carbocycles. The first-order chi connectivity index (χ1) is 7.52. The zero-order valence-corrected chi connectivity index (χ0v) is 10.9. The maximum absolute atomic E-state index is 13.5. The first kappa shape index (κ1) is 13.5. The molecule has 3 heteroatoms. The molecule has 16 heavy (non-hydrogen) atoms. The van der Waals surface area contributed by atoms with E-state index in [1.54, 1.807) is 12.1 Å². The minimum atomic E-state index is -0.241. The van der Waals surface area contributed by atoms with Gasteiger partial charge >= 0.3 is 0 Å². The predicted molar refractivity (Wildman–Crippen MR) is 67.2 cm³/mol. The van der Waals surface area contributed by atoms with Crippen molar-refractivity contribution < 1.29 is 4.39 Å². The lowest BCUT2D eigenvalue weighted by molar-refractivity contribution is 0.327. The van der Waals surface area contributed by atoms with E-state index in [1.807, 2.05) is 0 Å². The fourth-order valence-corrected chi connectivity index (χ4v) is 1.73. The van der Waals surface area contributed by atoms with Crippen LogP contribution in [0.2, 0.25) is 5.02 Å². The van der Waals surface area contributed by atoms with Crippen LogP contribution in [0.1, 0.15) is 39.2 Å². The van der Waals surface area contributed by atoms with Crippen molar-refractivity contribution >= 4 is 11.6 Å². The van der Waals surface area contributed by atoms with Gasteiger partial charge in [0.15, 0.2) is 0 Å². The smallest absolute Gasteiger partial charge is 0.129 e. The molecule has 90 valence electrons. The molecule has 1 rings (SSSR count). The van der Waals surface area contributed by atoms with Gasteiger partial charge < -0.3 is 5.32 Å². The zero-order chi connectivity index (χ0) is 12.2. The predicted octanol–water partition coefficient (Wildman–Crippen LogP) is 4.15. The van der Waals surface area contributed by atoms with E-state index >= 15 is 0 Å². The summed E-state index contributed by atoms with van der Waals surface area (Å²) in [6.07, 6.45) is 2.02. The summed E-state index contributed by atoms with van der Waals surface area (Å²) in [5.41, 5.74) is 0.600. The summed E-state index contributed by atoms with van der Waals surface area (Å²) < 4.78 is 13.5. The largest absolute Gasteiger partial charge is 0.307 e. The maximum atomic E-state index is 13.5. The highest BCUT2D eigenvalue weighted by molar-refractivity contribution is 6.31. The highest BCUT2D eigenvalue weighted by atomic mass is 35.5. The van der Waals surface area contributed by atoms with E-state index in [0.29, 0.717) is 17.1 Å². The van der Waals surface area contributed by atoms with Crippen LogP contribution in [0, 0.1) is 5.82 Å². The van der Waals surface area contributed by atoms with Gasteiger partial charge in [0, 0.05) is 22.7 Å². The van der Waals surface area contributed by atoms with Gasteiger partial charge in [0.05, 0.1) is 0 Å². The average molecular weight is 244 g/mol. The molecular weight excluding hydrogens is 225 g/mol. The fraction of sp³-hybridized carbons (Fsp3) is 0.538. The van der Waals surface area contributed by atoms with Crippen LogP contribution in [0.25, 0.3) is 0 Å². The molecule has 1 aromatic rings. The lowest BCUT2D eigenvalue weighted by Gasteiger charge is -2.28. The SMILES string of the molecule is CCC(C)(CC)NCc1c(F)cccc1Cl. The second kappa shape index (κ2) is 5.65. The van der Waals surface area contributed by atoms with Crippen molar-refractivity contribution in [2.75, 3.05) is 0 Å². The quantitative estimate of drug-likeness (QED) is 0.819. The Balaban J connectivity index is 2.75. The van der Waals surface area contributed by atoms with E-state index in [-0.39, 0.29) is 11.4 Å². The first-order valence-corrected chi connectivity index (χ1v) is 6.08. The van der Waals surface area contributed by atoms with Crippen LogP contribution in [0.15, 0.2) is 18.2 Å². The summed E-state index contributed by atoms with van der Waals surface area (Å²) in [6.45, 7) is 6.87. The number of rotatable bonds is 5. The van der Waals surface area contributed by atoms with Crippen LogP contribution in [0.4, 0.5) is 4.39 Å². The molecule has 0 atom stereocenters. The molecule has 1 nitrogen and oxygen atoms in total. The van der Waals surface area contributed by atoms with Crippen LogP contribution in [0.5, 0.6) is 0 Å². The van der Waals surface area contributed by atoms with Gasteiger partial charge in [-0.05, 0) is 31.9 Å². The van der Waals surface area contributed by atoms with Gasteiger partial charge in [-0.25, -0.2) is 4.39 Å². The van der Waals surface area contributed by atoms with Crippen LogP contribution in [-0.2, 0) is 6.54 Å². The van der Waals surface area contributed by atoms with E-state index in [9.17, 15) is 4.39 Å². The van der Waals surface area contributed by atoms with Crippen molar-refractivity contribution in [2.45, 2.75) is 45.7 Å². The molecule has 0 saturated carbocycles. The van der Waals surface area contributed by atoms with E-state index in [2.05, 4.69) is 26.1 Å². The van der Waals surface area contributed by atoms with Crippen LogP contribution in [0.3, 0.4) is 0 Å². The van der Waals surface area contributed by atoms with Crippen LogP contribution < -0.4 is 5.32 Å². The monoisotopic (exact) mass is 243 g/mol. The number of nitrogens with one attached hydrogen (secondary N) is 1. The third kappa shape index (κ3) is 3.19. The Morgan fingerprint density at radius 1 is 1.31 bits per heavy atom. The molecule has 0 heterocycles. The van der Waals surface area contributed by atoms with Gasteiger partial charge in [-0.2, -0.15) is 0 Å². The normalized spacial score (nSPS) is 11.8. The van der Waals surface area contributed by atoms with Gasteiger partial charge in [-0.3, -0.25) is 0 Å². The summed E-state index contributed by atoms with van der Waals surface area (Å²) >= 11 is 5.96. The molecular formula is C13H19ClFN. The summed E-state index contributed by atoms with van der Waals surface area (Å²) in [6, 6.07) is 4.79. The minimum Gasteiger partial charge on any atom is -0.307 e. The van der Waals surface area contributed by atoms with Crippen molar-refractivity contribution in [3.05, 3.63) is 34.6 Å². The Labute approximate surface area is 102 Å². The molecule has 0 saturated heterocycles. The number of hydrogen-bond donors (Lipinski definition) is 1. The molecule has 0 unspecified atom stereocenters. The van der Waals surface area contributed by atoms with Crippen molar-refractivity contribution in [1.29, 1.82) is 0 Å². The molecule has 0 aromatic heterocycles. The Morgan fingerprint density at radius 2 is 1.94 bits per heavy atom. The number of hydrogen-bond acceptors (Lipinski definition) is 1.